The molecule has 2 amide bonds. The summed E-state index contributed by atoms with van der Waals surface area (Å²) in [5.74, 6) is -0.173. The average Bonchev–Trinajstić information content (AvgIpc) is 3.31. The summed E-state index contributed by atoms with van der Waals surface area (Å²) in [7, 11) is 0. The molecular formula is C27H29ClN4O3. The Hall–Kier alpha value is -3.16. The number of carbonyl (C=O) groups is 2. The first kappa shape index (κ1) is 23.6. The average molecular weight is 493 g/mol. The Labute approximate surface area is 210 Å². The SMILES string of the molecule is Cc1ccc([C@@H]2Cn3cnc(C(=O)N4CCC(C(=O)NCc5cccc(Cl)c5)CC4)c3CO2)cc1. The number of hydrogen-bond acceptors (Lipinski definition) is 4. The molecular weight excluding hydrogens is 464 g/mol. The predicted octanol–water partition coefficient (Wildman–Crippen LogP) is 4.29. The van der Waals surface area contributed by atoms with Gasteiger partial charge in [0.25, 0.3) is 5.91 Å². The van der Waals surface area contributed by atoms with Gasteiger partial charge in [-0.15, -0.1) is 0 Å². The summed E-state index contributed by atoms with van der Waals surface area (Å²) in [5, 5.41) is 3.65. The molecule has 1 N–H and O–H groups in total. The number of ether oxygens (including phenoxy) is 1. The van der Waals surface area contributed by atoms with Crippen molar-refractivity contribution in [1.29, 1.82) is 0 Å². The van der Waals surface area contributed by atoms with Crippen molar-refractivity contribution in [3.8, 4) is 0 Å². The molecule has 8 heteroatoms. The quantitative estimate of drug-likeness (QED) is 0.576. The van der Waals surface area contributed by atoms with Gasteiger partial charge in [-0.05, 0) is 43.0 Å². The number of aromatic nitrogens is 2. The van der Waals surface area contributed by atoms with E-state index in [0.29, 0.717) is 56.3 Å². The van der Waals surface area contributed by atoms with E-state index in [2.05, 4.69) is 41.5 Å². The Kier molecular flexibility index (Phi) is 6.88. The predicted molar refractivity (Wildman–Crippen MR) is 133 cm³/mol. The number of nitrogens with zero attached hydrogens (tertiary/aromatic N) is 3. The van der Waals surface area contributed by atoms with Crippen molar-refractivity contribution < 1.29 is 14.3 Å². The summed E-state index contributed by atoms with van der Waals surface area (Å²) < 4.78 is 8.12. The van der Waals surface area contributed by atoms with Crippen LogP contribution in [0.15, 0.2) is 54.9 Å². The van der Waals surface area contributed by atoms with E-state index >= 15 is 0 Å². The van der Waals surface area contributed by atoms with Crippen LogP contribution < -0.4 is 5.32 Å². The van der Waals surface area contributed by atoms with Crippen molar-refractivity contribution in [2.45, 2.75) is 45.6 Å². The van der Waals surface area contributed by atoms with Gasteiger partial charge < -0.3 is 19.5 Å². The zero-order valence-electron chi connectivity index (χ0n) is 19.7. The topological polar surface area (TPSA) is 76.5 Å². The zero-order valence-corrected chi connectivity index (χ0v) is 20.5. The number of nitrogens with one attached hydrogen (secondary N) is 1. The molecule has 1 saturated heterocycles. The maximum atomic E-state index is 13.2. The summed E-state index contributed by atoms with van der Waals surface area (Å²) >= 11 is 6.02. The number of fused-ring (bicyclic) bond motifs is 1. The van der Waals surface area contributed by atoms with Gasteiger partial charge in [-0.25, -0.2) is 4.98 Å². The minimum atomic E-state index is -0.104. The van der Waals surface area contributed by atoms with E-state index in [0.717, 1.165) is 16.8 Å². The molecule has 1 fully saturated rings. The van der Waals surface area contributed by atoms with Gasteiger partial charge in [-0.3, -0.25) is 9.59 Å². The van der Waals surface area contributed by atoms with E-state index < -0.39 is 0 Å². The molecule has 0 saturated carbocycles. The summed E-state index contributed by atoms with van der Waals surface area (Å²) in [6.45, 7) is 4.56. The lowest BCUT2D eigenvalue weighted by Gasteiger charge is -2.31. The van der Waals surface area contributed by atoms with Crippen molar-refractivity contribution >= 4 is 23.4 Å². The highest BCUT2D eigenvalue weighted by molar-refractivity contribution is 6.30. The van der Waals surface area contributed by atoms with Gasteiger partial charge in [0.1, 0.15) is 6.10 Å². The van der Waals surface area contributed by atoms with Crippen LogP contribution in [0.1, 0.15) is 51.8 Å². The number of halogens is 1. The molecule has 5 rings (SSSR count). The first-order chi connectivity index (χ1) is 17.0. The van der Waals surface area contributed by atoms with Crippen LogP contribution in [0, 0.1) is 12.8 Å². The van der Waals surface area contributed by atoms with Crippen LogP contribution in [-0.4, -0.2) is 39.4 Å². The second-order valence-electron chi connectivity index (χ2n) is 9.32. The Morgan fingerprint density at radius 1 is 1.14 bits per heavy atom. The fraction of sp³-hybridized carbons (Fsp3) is 0.370. The molecule has 1 aromatic heterocycles. The number of benzene rings is 2. The molecule has 182 valence electrons. The molecule has 0 aliphatic carbocycles. The fourth-order valence-electron chi connectivity index (χ4n) is 4.76. The van der Waals surface area contributed by atoms with Crippen LogP contribution in [0.3, 0.4) is 0 Å². The first-order valence-electron chi connectivity index (χ1n) is 12.0. The lowest BCUT2D eigenvalue weighted by molar-refractivity contribution is -0.126. The third-order valence-corrected chi connectivity index (χ3v) is 7.13. The van der Waals surface area contributed by atoms with Crippen molar-refractivity contribution in [3.63, 3.8) is 0 Å². The molecule has 3 aromatic rings. The van der Waals surface area contributed by atoms with Gasteiger partial charge in [-0.2, -0.15) is 0 Å². The second kappa shape index (κ2) is 10.2. The summed E-state index contributed by atoms with van der Waals surface area (Å²) in [5.41, 5.74) is 4.58. The first-order valence-corrected chi connectivity index (χ1v) is 12.4. The molecule has 7 nitrogen and oxygen atoms in total. The van der Waals surface area contributed by atoms with Crippen molar-refractivity contribution in [2.24, 2.45) is 5.92 Å². The van der Waals surface area contributed by atoms with Crippen LogP contribution in [0.4, 0.5) is 0 Å². The van der Waals surface area contributed by atoms with Crippen LogP contribution >= 0.6 is 11.6 Å². The third-order valence-electron chi connectivity index (χ3n) is 6.89. The molecule has 2 aliphatic rings. The maximum absolute atomic E-state index is 13.2. The van der Waals surface area contributed by atoms with Crippen LogP contribution in [-0.2, 0) is 29.2 Å². The number of piperidine rings is 1. The molecule has 0 radical (unpaired) electrons. The highest BCUT2D eigenvalue weighted by Crippen LogP contribution is 2.29. The van der Waals surface area contributed by atoms with E-state index in [9.17, 15) is 9.59 Å². The van der Waals surface area contributed by atoms with E-state index in [4.69, 9.17) is 16.3 Å². The van der Waals surface area contributed by atoms with E-state index in [-0.39, 0.29) is 23.8 Å². The molecule has 35 heavy (non-hydrogen) atoms. The minimum absolute atomic E-state index is 0.0204. The lowest BCUT2D eigenvalue weighted by atomic mass is 9.95. The Bertz CT molecular complexity index is 1220. The number of rotatable bonds is 5. The molecule has 2 aromatic carbocycles. The summed E-state index contributed by atoms with van der Waals surface area (Å²) in [6.07, 6.45) is 2.95. The molecule has 0 unspecified atom stereocenters. The lowest BCUT2D eigenvalue weighted by Crippen LogP contribution is -2.43. The van der Waals surface area contributed by atoms with Gasteiger partial charge in [-0.1, -0.05) is 53.6 Å². The highest BCUT2D eigenvalue weighted by Gasteiger charge is 2.32. The number of imidazole rings is 1. The molecule has 2 aliphatic heterocycles. The van der Waals surface area contributed by atoms with E-state index in [1.54, 1.807) is 11.2 Å². The van der Waals surface area contributed by atoms with Crippen LogP contribution in [0.25, 0.3) is 0 Å². The monoisotopic (exact) mass is 492 g/mol. The molecule has 3 heterocycles. The normalized spacial score (nSPS) is 18.2. The zero-order chi connectivity index (χ0) is 24.4. The van der Waals surface area contributed by atoms with Gasteiger partial charge >= 0.3 is 0 Å². The fourth-order valence-corrected chi connectivity index (χ4v) is 4.98. The molecule has 0 spiro atoms. The van der Waals surface area contributed by atoms with Crippen LogP contribution in [0.5, 0.6) is 0 Å². The minimum Gasteiger partial charge on any atom is -0.365 e. The van der Waals surface area contributed by atoms with Gasteiger partial charge in [0.05, 0.1) is 25.2 Å². The van der Waals surface area contributed by atoms with Gasteiger partial charge in [0, 0.05) is 30.6 Å². The number of aryl methyl sites for hydroxylation is 1. The Morgan fingerprint density at radius 3 is 2.66 bits per heavy atom. The maximum Gasteiger partial charge on any atom is 0.274 e. The summed E-state index contributed by atoms with van der Waals surface area (Å²) in [4.78, 5) is 32.1. The molecule has 1 atom stereocenters. The van der Waals surface area contributed by atoms with Crippen molar-refractivity contribution in [1.82, 2.24) is 19.8 Å². The summed E-state index contributed by atoms with van der Waals surface area (Å²) in [6, 6.07) is 15.8. The van der Waals surface area contributed by atoms with Crippen molar-refractivity contribution in [3.05, 3.63) is 88.0 Å². The largest absolute Gasteiger partial charge is 0.365 e. The van der Waals surface area contributed by atoms with Gasteiger partial charge in [0.15, 0.2) is 5.69 Å². The van der Waals surface area contributed by atoms with E-state index in [1.165, 1.54) is 5.56 Å². The third kappa shape index (κ3) is 5.26. The van der Waals surface area contributed by atoms with E-state index in [1.807, 2.05) is 28.8 Å². The Morgan fingerprint density at radius 2 is 1.91 bits per heavy atom. The number of likely N-dealkylation sites (tertiary alicyclic amines) is 1. The van der Waals surface area contributed by atoms with Gasteiger partial charge in [0.2, 0.25) is 5.91 Å². The van der Waals surface area contributed by atoms with Crippen molar-refractivity contribution in [2.75, 3.05) is 13.1 Å². The molecule has 0 bridgehead atoms. The smallest absolute Gasteiger partial charge is 0.274 e. The standard InChI is InChI=1S/C27H29ClN4O3/c1-18-5-7-20(8-6-18)24-15-32-17-30-25(23(32)16-35-24)27(34)31-11-9-21(10-12-31)26(33)29-14-19-3-2-4-22(28)13-19/h2-8,13,17,21,24H,9-12,14-16H2,1H3,(H,29,33)/t24-/m0/s1. The van der Waals surface area contributed by atoms with Crippen LogP contribution in [0.2, 0.25) is 5.02 Å². The number of amides is 2. The Balaban J connectivity index is 1.15. The second-order valence-corrected chi connectivity index (χ2v) is 9.75. The number of hydrogen-bond donors (Lipinski definition) is 1. The highest BCUT2D eigenvalue weighted by atomic mass is 35.5. The number of carbonyl (C=O) groups excluding carboxylic acids is 2.